The molecule has 1 atom stereocenters. The van der Waals surface area contributed by atoms with E-state index in [0.717, 1.165) is 22.1 Å². The van der Waals surface area contributed by atoms with Crippen LogP contribution < -0.4 is 11.1 Å². The molecule has 0 spiro atoms. The molecule has 4 heteroatoms. The summed E-state index contributed by atoms with van der Waals surface area (Å²) in [7, 11) is 0. The quantitative estimate of drug-likeness (QED) is 0.893. The Morgan fingerprint density at radius 1 is 1.50 bits per heavy atom. The minimum atomic E-state index is -0.437. The van der Waals surface area contributed by atoms with E-state index in [2.05, 4.69) is 28.2 Å². The maximum Gasteiger partial charge on any atom is 0.241 e. The summed E-state index contributed by atoms with van der Waals surface area (Å²) in [6.45, 7) is 3.95. The Hall–Kier alpha value is -0.870. The largest absolute Gasteiger partial charge is 0.324 e. The van der Waals surface area contributed by atoms with Crippen molar-refractivity contribution in [2.24, 2.45) is 5.73 Å². The van der Waals surface area contributed by atoms with E-state index in [1.807, 2.05) is 25.1 Å². The van der Waals surface area contributed by atoms with E-state index in [1.165, 1.54) is 0 Å². The number of nitrogens with one attached hydrogen (secondary N) is 1. The van der Waals surface area contributed by atoms with E-state index < -0.39 is 6.04 Å². The van der Waals surface area contributed by atoms with Crippen molar-refractivity contribution in [3.63, 3.8) is 0 Å². The molecule has 1 amide bonds. The number of rotatable bonds is 4. The SMILES string of the molecule is CCc1cc(Br)ccc1NC(=O)[C@H](N)CC. The number of amides is 1. The smallest absolute Gasteiger partial charge is 0.241 e. The number of hydrogen-bond donors (Lipinski definition) is 2. The maximum absolute atomic E-state index is 11.6. The van der Waals surface area contributed by atoms with Gasteiger partial charge in [-0.25, -0.2) is 0 Å². The number of halogens is 1. The molecule has 88 valence electrons. The summed E-state index contributed by atoms with van der Waals surface area (Å²) >= 11 is 3.41. The highest BCUT2D eigenvalue weighted by molar-refractivity contribution is 9.10. The molecule has 0 bridgehead atoms. The molecule has 1 aromatic carbocycles. The van der Waals surface area contributed by atoms with Crippen molar-refractivity contribution in [1.29, 1.82) is 0 Å². The van der Waals surface area contributed by atoms with Crippen LogP contribution in [0.4, 0.5) is 5.69 Å². The van der Waals surface area contributed by atoms with Gasteiger partial charge >= 0.3 is 0 Å². The average Bonchev–Trinajstić information content (AvgIpc) is 2.30. The average molecular weight is 285 g/mol. The van der Waals surface area contributed by atoms with E-state index in [4.69, 9.17) is 5.73 Å². The van der Waals surface area contributed by atoms with Crippen LogP contribution in [0, 0.1) is 0 Å². The highest BCUT2D eigenvalue weighted by Crippen LogP contribution is 2.21. The zero-order valence-corrected chi connectivity index (χ0v) is 11.2. The Bertz CT molecular complexity index is 379. The molecule has 0 heterocycles. The van der Waals surface area contributed by atoms with E-state index in [0.29, 0.717) is 6.42 Å². The van der Waals surface area contributed by atoms with Crippen molar-refractivity contribution in [2.45, 2.75) is 32.7 Å². The van der Waals surface area contributed by atoms with Crippen LogP contribution in [0.25, 0.3) is 0 Å². The Morgan fingerprint density at radius 3 is 2.75 bits per heavy atom. The van der Waals surface area contributed by atoms with Gasteiger partial charge in [-0.05, 0) is 36.6 Å². The third kappa shape index (κ3) is 3.32. The van der Waals surface area contributed by atoms with Gasteiger partial charge in [-0.2, -0.15) is 0 Å². The standard InChI is InChI=1S/C12H17BrN2O/c1-3-8-7-9(13)5-6-11(8)15-12(16)10(14)4-2/h5-7,10H,3-4,14H2,1-2H3,(H,15,16)/t10-/m1/s1. The molecule has 16 heavy (non-hydrogen) atoms. The zero-order valence-electron chi connectivity index (χ0n) is 9.59. The molecule has 0 saturated carbocycles. The number of carbonyl (C=O) groups excluding carboxylic acids is 1. The fraction of sp³-hybridized carbons (Fsp3) is 0.417. The summed E-state index contributed by atoms with van der Waals surface area (Å²) in [5.41, 5.74) is 7.61. The van der Waals surface area contributed by atoms with Crippen molar-refractivity contribution in [3.8, 4) is 0 Å². The molecule has 3 N–H and O–H groups in total. The molecule has 1 rings (SSSR count). The number of anilines is 1. The van der Waals surface area contributed by atoms with Gasteiger partial charge in [0.25, 0.3) is 0 Å². The molecular weight excluding hydrogens is 268 g/mol. The normalized spacial score (nSPS) is 12.2. The summed E-state index contributed by atoms with van der Waals surface area (Å²) in [5.74, 6) is -0.125. The van der Waals surface area contributed by atoms with Gasteiger partial charge in [0, 0.05) is 10.2 Å². The molecule has 0 aliphatic rings. The fourth-order valence-electron chi connectivity index (χ4n) is 1.39. The number of benzene rings is 1. The van der Waals surface area contributed by atoms with Gasteiger partial charge in [-0.1, -0.05) is 29.8 Å². The van der Waals surface area contributed by atoms with Crippen LogP contribution in [0.5, 0.6) is 0 Å². The van der Waals surface area contributed by atoms with Crippen LogP contribution in [0.3, 0.4) is 0 Å². The first kappa shape index (κ1) is 13.2. The lowest BCUT2D eigenvalue weighted by Gasteiger charge is -2.13. The predicted octanol–water partition coefficient (Wildman–Crippen LogP) is 2.69. The first-order valence-corrected chi connectivity index (χ1v) is 6.22. The predicted molar refractivity (Wildman–Crippen MR) is 70.4 cm³/mol. The van der Waals surface area contributed by atoms with Gasteiger partial charge in [0.05, 0.1) is 6.04 Å². The lowest BCUT2D eigenvalue weighted by atomic mass is 10.1. The maximum atomic E-state index is 11.6. The van der Waals surface area contributed by atoms with Crippen molar-refractivity contribution < 1.29 is 4.79 Å². The molecular formula is C12H17BrN2O. The molecule has 0 aliphatic heterocycles. The Labute approximate surface area is 105 Å². The topological polar surface area (TPSA) is 55.1 Å². The van der Waals surface area contributed by atoms with Crippen LogP contribution in [-0.4, -0.2) is 11.9 Å². The number of aryl methyl sites for hydroxylation is 1. The molecule has 0 unspecified atom stereocenters. The summed E-state index contributed by atoms with van der Waals surface area (Å²) in [6, 6.07) is 5.37. The Kier molecular flexibility index (Phi) is 4.96. The molecule has 0 aliphatic carbocycles. The van der Waals surface area contributed by atoms with Gasteiger partial charge in [0.15, 0.2) is 0 Å². The number of carbonyl (C=O) groups is 1. The summed E-state index contributed by atoms with van der Waals surface area (Å²) in [5, 5.41) is 2.85. The molecule has 0 fully saturated rings. The van der Waals surface area contributed by atoms with Crippen LogP contribution in [0.1, 0.15) is 25.8 Å². The summed E-state index contributed by atoms with van der Waals surface area (Å²) in [6.07, 6.45) is 1.51. The number of hydrogen-bond acceptors (Lipinski definition) is 2. The summed E-state index contributed by atoms with van der Waals surface area (Å²) < 4.78 is 1.02. The van der Waals surface area contributed by atoms with Gasteiger partial charge in [-0.15, -0.1) is 0 Å². The molecule has 0 aromatic heterocycles. The lowest BCUT2D eigenvalue weighted by molar-refractivity contribution is -0.117. The van der Waals surface area contributed by atoms with Crippen molar-refractivity contribution in [3.05, 3.63) is 28.2 Å². The molecule has 3 nitrogen and oxygen atoms in total. The monoisotopic (exact) mass is 284 g/mol. The highest BCUT2D eigenvalue weighted by atomic mass is 79.9. The third-order valence-electron chi connectivity index (χ3n) is 2.48. The van der Waals surface area contributed by atoms with Gasteiger partial charge in [-0.3, -0.25) is 4.79 Å². The van der Waals surface area contributed by atoms with Crippen LogP contribution in [0.2, 0.25) is 0 Å². The van der Waals surface area contributed by atoms with Crippen LogP contribution in [0.15, 0.2) is 22.7 Å². The fourth-order valence-corrected chi connectivity index (χ4v) is 1.80. The Morgan fingerprint density at radius 2 is 2.19 bits per heavy atom. The third-order valence-corrected chi connectivity index (χ3v) is 2.98. The van der Waals surface area contributed by atoms with E-state index in [1.54, 1.807) is 0 Å². The second-order valence-electron chi connectivity index (χ2n) is 3.66. The van der Waals surface area contributed by atoms with Crippen molar-refractivity contribution in [2.75, 3.05) is 5.32 Å². The van der Waals surface area contributed by atoms with Gasteiger partial charge < -0.3 is 11.1 Å². The van der Waals surface area contributed by atoms with Crippen molar-refractivity contribution in [1.82, 2.24) is 0 Å². The van der Waals surface area contributed by atoms with Crippen LogP contribution >= 0.6 is 15.9 Å². The van der Waals surface area contributed by atoms with Crippen LogP contribution in [-0.2, 0) is 11.2 Å². The molecule has 1 aromatic rings. The first-order chi connectivity index (χ1) is 7.58. The Balaban J connectivity index is 2.84. The van der Waals surface area contributed by atoms with Gasteiger partial charge in [0.1, 0.15) is 0 Å². The second-order valence-corrected chi connectivity index (χ2v) is 4.57. The first-order valence-electron chi connectivity index (χ1n) is 5.43. The minimum absolute atomic E-state index is 0.125. The summed E-state index contributed by atoms with van der Waals surface area (Å²) in [4.78, 5) is 11.6. The van der Waals surface area contributed by atoms with E-state index in [-0.39, 0.29) is 5.91 Å². The highest BCUT2D eigenvalue weighted by Gasteiger charge is 2.12. The molecule has 0 saturated heterocycles. The van der Waals surface area contributed by atoms with Crippen molar-refractivity contribution >= 4 is 27.5 Å². The van der Waals surface area contributed by atoms with E-state index in [9.17, 15) is 4.79 Å². The lowest BCUT2D eigenvalue weighted by Crippen LogP contribution is -2.35. The minimum Gasteiger partial charge on any atom is -0.324 e. The van der Waals surface area contributed by atoms with E-state index >= 15 is 0 Å². The molecule has 0 radical (unpaired) electrons. The zero-order chi connectivity index (χ0) is 12.1. The number of nitrogens with two attached hydrogens (primary N) is 1. The second kappa shape index (κ2) is 6.01. The van der Waals surface area contributed by atoms with Gasteiger partial charge in [0.2, 0.25) is 5.91 Å².